The van der Waals surface area contributed by atoms with Gasteiger partial charge in [-0.2, -0.15) is 0 Å². The van der Waals surface area contributed by atoms with Crippen LogP contribution in [0.1, 0.15) is 24.9 Å². The number of nitrogens with zero attached hydrogens (tertiary/aromatic N) is 4. The molecule has 0 N–H and O–H groups in total. The number of carbonyl (C=O) groups excluding carboxylic acids is 1. The van der Waals surface area contributed by atoms with Crippen LogP contribution in [0.2, 0.25) is 0 Å². The number of pyridine rings is 1. The van der Waals surface area contributed by atoms with Gasteiger partial charge in [-0.05, 0) is 25.0 Å². The fourth-order valence-electron chi connectivity index (χ4n) is 3.41. The van der Waals surface area contributed by atoms with Gasteiger partial charge in [-0.15, -0.1) is 0 Å². The van der Waals surface area contributed by atoms with E-state index in [2.05, 4.69) is 27.8 Å². The smallest absolute Gasteiger partial charge is 0.239 e. The predicted octanol–water partition coefficient (Wildman–Crippen LogP) is 0.991. The molecule has 21 heavy (non-hydrogen) atoms. The molecule has 0 radical (unpaired) electrons. The van der Waals surface area contributed by atoms with Crippen LogP contribution in [-0.4, -0.2) is 71.4 Å². The van der Waals surface area contributed by atoms with Crippen molar-refractivity contribution in [3.63, 3.8) is 0 Å². The Morgan fingerprint density at radius 1 is 1.24 bits per heavy atom. The van der Waals surface area contributed by atoms with Gasteiger partial charge in [0.25, 0.3) is 0 Å². The average Bonchev–Trinajstić information content (AvgIpc) is 2.87. The molecule has 0 bridgehead atoms. The van der Waals surface area contributed by atoms with Gasteiger partial charge in [0.2, 0.25) is 5.91 Å². The van der Waals surface area contributed by atoms with Gasteiger partial charge >= 0.3 is 0 Å². The van der Waals surface area contributed by atoms with Gasteiger partial charge < -0.3 is 4.90 Å². The number of likely N-dealkylation sites (tertiary alicyclic amines) is 1. The van der Waals surface area contributed by atoms with Gasteiger partial charge in [-0.25, -0.2) is 0 Å². The van der Waals surface area contributed by atoms with Crippen molar-refractivity contribution in [2.24, 2.45) is 0 Å². The third-order valence-corrected chi connectivity index (χ3v) is 4.90. The van der Waals surface area contributed by atoms with Crippen LogP contribution in [0.15, 0.2) is 24.5 Å². The molecule has 3 rings (SSSR count). The lowest BCUT2D eigenvalue weighted by molar-refractivity contribution is -0.131. The van der Waals surface area contributed by atoms with E-state index in [9.17, 15) is 4.79 Å². The highest BCUT2D eigenvalue weighted by Crippen LogP contribution is 2.23. The second-order valence-corrected chi connectivity index (χ2v) is 6.10. The molecule has 0 saturated carbocycles. The zero-order valence-corrected chi connectivity index (χ0v) is 12.9. The van der Waals surface area contributed by atoms with E-state index >= 15 is 0 Å². The molecule has 0 unspecified atom stereocenters. The molecule has 2 fully saturated rings. The first-order valence-corrected chi connectivity index (χ1v) is 7.80. The van der Waals surface area contributed by atoms with E-state index < -0.39 is 0 Å². The maximum atomic E-state index is 12.1. The number of carbonyl (C=O) groups is 1. The summed E-state index contributed by atoms with van der Waals surface area (Å²) in [6, 6.07) is 4.64. The lowest BCUT2D eigenvalue weighted by Gasteiger charge is -2.40. The highest BCUT2D eigenvalue weighted by molar-refractivity contribution is 5.83. The third kappa shape index (κ3) is 2.94. The predicted molar refractivity (Wildman–Crippen MR) is 81.8 cm³/mol. The van der Waals surface area contributed by atoms with E-state index in [1.54, 1.807) is 0 Å². The molecule has 2 atom stereocenters. The molecule has 1 aromatic heterocycles. The van der Waals surface area contributed by atoms with E-state index in [0.717, 1.165) is 39.1 Å². The number of likely N-dealkylation sites (N-methyl/N-ethyl adjacent to an activating group) is 1. The summed E-state index contributed by atoms with van der Waals surface area (Å²) in [4.78, 5) is 23.0. The summed E-state index contributed by atoms with van der Waals surface area (Å²) < 4.78 is 0. The van der Waals surface area contributed by atoms with Gasteiger partial charge in [0.15, 0.2) is 0 Å². The highest BCUT2D eigenvalue weighted by atomic mass is 16.2. The second kappa shape index (κ2) is 6.12. The van der Waals surface area contributed by atoms with Crippen LogP contribution < -0.4 is 0 Å². The van der Waals surface area contributed by atoms with Crippen LogP contribution >= 0.6 is 0 Å². The molecule has 0 aliphatic carbocycles. The summed E-state index contributed by atoms with van der Waals surface area (Å²) in [5, 5.41) is 0. The first-order valence-electron chi connectivity index (χ1n) is 7.80. The fourth-order valence-corrected chi connectivity index (χ4v) is 3.41. The van der Waals surface area contributed by atoms with E-state index in [1.165, 1.54) is 5.56 Å². The van der Waals surface area contributed by atoms with Crippen molar-refractivity contribution in [3.8, 4) is 0 Å². The van der Waals surface area contributed by atoms with Gasteiger partial charge in [-0.1, -0.05) is 6.07 Å². The SMILES string of the molecule is C[C@H](c1cccnc1)N1CCN([C@@H]2CCN(C)C2=O)CC1. The molecule has 2 saturated heterocycles. The summed E-state index contributed by atoms with van der Waals surface area (Å²) in [6.45, 7) is 7.13. The van der Waals surface area contributed by atoms with Crippen molar-refractivity contribution in [1.29, 1.82) is 0 Å². The largest absolute Gasteiger partial charge is 0.344 e. The maximum Gasteiger partial charge on any atom is 0.239 e. The first kappa shape index (κ1) is 14.5. The molecule has 0 aromatic carbocycles. The first-order chi connectivity index (χ1) is 10.2. The lowest BCUT2D eigenvalue weighted by atomic mass is 10.1. The van der Waals surface area contributed by atoms with Crippen molar-refractivity contribution in [2.45, 2.75) is 25.4 Å². The van der Waals surface area contributed by atoms with E-state index in [0.29, 0.717) is 11.9 Å². The van der Waals surface area contributed by atoms with E-state index in [1.807, 2.05) is 30.4 Å². The Balaban J connectivity index is 1.57. The molecule has 3 heterocycles. The quantitative estimate of drug-likeness (QED) is 0.831. The molecule has 1 aromatic rings. The molecular formula is C16H24N4O. The van der Waals surface area contributed by atoms with E-state index in [4.69, 9.17) is 0 Å². The van der Waals surface area contributed by atoms with Crippen molar-refractivity contribution in [2.75, 3.05) is 39.8 Å². The minimum atomic E-state index is 0.117. The van der Waals surface area contributed by atoms with Gasteiger partial charge in [0, 0.05) is 58.2 Å². The Morgan fingerprint density at radius 2 is 2.00 bits per heavy atom. The summed E-state index contributed by atoms with van der Waals surface area (Å²) in [5.74, 6) is 0.295. The number of aromatic nitrogens is 1. The van der Waals surface area contributed by atoms with Crippen LogP contribution in [0, 0.1) is 0 Å². The second-order valence-electron chi connectivity index (χ2n) is 6.10. The Labute approximate surface area is 126 Å². The van der Waals surface area contributed by atoms with Crippen molar-refractivity contribution >= 4 is 5.91 Å². The molecule has 1 amide bonds. The van der Waals surface area contributed by atoms with Crippen molar-refractivity contribution in [1.82, 2.24) is 19.7 Å². The summed E-state index contributed by atoms with van der Waals surface area (Å²) in [7, 11) is 1.91. The topological polar surface area (TPSA) is 39.7 Å². The van der Waals surface area contributed by atoms with Crippen LogP contribution in [0.3, 0.4) is 0 Å². The number of hydrogen-bond acceptors (Lipinski definition) is 4. The van der Waals surface area contributed by atoms with Crippen LogP contribution in [0.4, 0.5) is 0 Å². The fraction of sp³-hybridized carbons (Fsp3) is 0.625. The zero-order valence-electron chi connectivity index (χ0n) is 12.9. The van der Waals surface area contributed by atoms with Crippen LogP contribution in [0.25, 0.3) is 0 Å². The number of amides is 1. The minimum absolute atomic E-state index is 0.117. The zero-order chi connectivity index (χ0) is 14.8. The van der Waals surface area contributed by atoms with Gasteiger partial charge in [0.05, 0.1) is 6.04 Å². The van der Waals surface area contributed by atoms with Crippen LogP contribution in [-0.2, 0) is 4.79 Å². The Hall–Kier alpha value is -1.46. The Kier molecular flexibility index (Phi) is 4.22. The molecule has 5 nitrogen and oxygen atoms in total. The average molecular weight is 288 g/mol. The normalized spacial score (nSPS) is 26.3. The molecule has 2 aliphatic heterocycles. The van der Waals surface area contributed by atoms with E-state index in [-0.39, 0.29) is 6.04 Å². The Morgan fingerprint density at radius 3 is 2.57 bits per heavy atom. The molecule has 114 valence electrons. The lowest BCUT2D eigenvalue weighted by Crippen LogP contribution is -2.52. The highest BCUT2D eigenvalue weighted by Gasteiger charge is 2.35. The maximum absolute atomic E-state index is 12.1. The third-order valence-electron chi connectivity index (χ3n) is 4.90. The number of piperazine rings is 1. The van der Waals surface area contributed by atoms with Crippen molar-refractivity contribution < 1.29 is 4.79 Å². The van der Waals surface area contributed by atoms with Gasteiger partial charge in [-0.3, -0.25) is 19.6 Å². The van der Waals surface area contributed by atoms with Crippen molar-refractivity contribution in [3.05, 3.63) is 30.1 Å². The molecule has 5 heteroatoms. The number of hydrogen-bond donors (Lipinski definition) is 0. The molecule has 2 aliphatic rings. The molecular weight excluding hydrogens is 264 g/mol. The molecule has 0 spiro atoms. The monoisotopic (exact) mass is 288 g/mol. The minimum Gasteiger partial charge on any atom is -0.344 e. The summed E-state index contributed by atoms with van der Waals surface area (Å²) >= 11 is 0. The van der Waals surface area contributed by atoms with Gasteiger partial charge in [0.1, 0.15) is 0 Å². The number of rotatable bonds is 3. The Bertz CT molecular complexity index is 484. The summed E-state index contributed by atoms with van der Waals surface area (Å²) in [6.07, 6.45) is 4.75. The summed E-state index contributed by atoms with van der Waals surface area (Å²) in [5.41, 5.74) is 1.27. The van der Waals surface area contributed by atoms with Crippen LogP contribution in [0.5, 0.6) is 0 Å². The standard InChI is InChI=1S/C16H24N4O/c1-13(14-4-3-6-17-12-14)19-8-10-20(11-9-19)15-5-7-18(2)16(15)21/h3-4,6,12-13,15H,5,7-11H2,1-2H3/t13-,15-/m1/s1.